The molecule has 0 saturated carbocycles. The Morgan fingerprint density at radius 3 is 3.15 bits per heavy atom. The number of fused-ring (bicyclic) bond motifs is 1. The molecule has 0 amide bonds. The first-order valence-corrected chi connectivity index (χ1v) is 7.96. The van der Waals surface area contributed by atoms with Gasteiger partial charge in [-0.1, -0.05) is 6.92 Å². The quantitative estimate of drug-likeness (QED) is 0.918. The largest absolute Gasteiger partial charge is 0.380 e. The van der Waals surface area contributed by atoms with Crippen molar-refractivity contribution in [3.8, 4) is 0 Å². The smallest absolute Gasteiger partial charge is 0.226 e. The number of thiophene rings is 1. The van der Waals surface area contributed by atoms with Crippen LogP contribution in [0.5, 0.6) is 0 Å². The third kappa shape index (κ3) is 2.58. The maximum Gasteiger partial charge on any atom is 0.226 e. The SMILES string of the molecule is CCCNc1nc(N2CCC(OC)C2)c2ccsc2n1. The standard InChI is InChI=1S/C14H20N4OS/c1-3-6-15-14-16-12(11-5-8-20-13(11)17-14)18-7-4-10(9-18)19-2/h5,8,10H,3-4,6-7,9H2,1-2H3,(H,15,16,17). The number of ether oxygens (including phenoxy) is 1. The zero-order chi connectivity index (χ0) is 13.9. The number of hydrogen-bond acceptors (Lipinski definition) is 6. The highest BCUT2D eigenvalue weighted by atomic mass is 32.1. The number of nitrogens with zero attached hydrogens (tertiary/aromatic N) is 3. The van der Waals surface area contributed by atoms with Crippen LogP contribution in [0.15, 0.2) is 11.4 Å². The van der Waals surface area contributed by atoms with Gasteiger partial charge in [0.05, 0.1) is 11.5 Å². The minimum absolute atomic E-state index is 0.311. The molecule has 0 aliphatic carbocycles. The summed E-state index contributed by atoms with van der Waals surface area (Å²) in [7, 11) is 1.78. The zero-order valence-corrected chi connectivity index (χ0v) is 12.7. The van der Waals surface area contributed by atoms with E-state index < -0.39 is 0 Å². The molecule has 0 bridgehead atoms. The summed E-state index contributed by atoms with van der Waals surface area (Å²) in [4.78, 5) is 12.7. The van der Waals surface area contributed by atoms with Crippen LogP contribution in [0.25, 0.3) is 10.2 Å². The highest BCUT2D eigenvalue weighted by Gasteiger charge is 2.25. The fourth-order valence-electron chi connectivity index (χ4n) is 2.51. The Kier molecular flexibility index (Phi) is 4.03. The average Bonchev–Trinajstić information content (AvgIpc) is 3.12. The lowest BCUT2D eigenvalue weighted by molar-refractivity contribution is 0.121. The molecule has 1 fully saturated rings. The maximum atomic E-state index is 5.45. The molecule has 20 heavy (non-hydrogen) atoms. The number of anilines is 2. The highest BCUT2D eigenvalue weighted by molar-refractivity contribution is 7.16. The van der Waals surface area contributed by atoms with E-state index in [1.807, 2.05) is 0 Å². The molecular formula is C14H20N4OS. The predicted octanol–water partition coefficient (Wildman–Crippen LogP) is 2.74. The molecule has 0 spiro atoms. The van der Waals surface area contributed by atoms with Crippen LogP contribution in [-0.4, -0.2) is 42.8 Å². The van der Waals surface area contributed by atoms with Gasteiger partial charge in [-0.2, -0.15) is 4.98 Å². The van der Waals surface area contributed by atoms with Crippen molar-refractivity contribution in [3.05, 3.63) is 11.4 Å². The Labute approximate surface area is 123 Å². The van der Waals surface area contributed by atoms with Gasteiger partial charge in [0.1, 0.15) is 10.6 Å². The summed E-state index contributed by atoms with van der Waals surface area (Å²) in [6.07, 6.45) is 2.44. The van der Waals surface area contributed by atoms with Gasteiger partial charge in [0.25, 0.3) is 0 Å². The molecule has 1 aliphatic rings. The van der Waals surface area contributed by atoms with Gasteiger partial charge >= 0.3 is 0 Å². The molecule has 2 aromatic heterocycles. The Morgan fingerprint density at radius 2 is 2.40 bits per heavy atom. The molecule has 2 aromatic rings. The summed E-state index contributed by atoms with van der Waals surface area (Å²) in [5.74, 6) is 1.77. The summed E-state index contributed by atoms with van der Waals surface area (Å²) in [5, 5.41) is 6.52. The van der Waals surface area contributed by atoms with E-state index >= 15 is 0 Å². The van der Waals surface area contributed by atoms with E-state index in [1.54, 1.807) is 18.4 Å². The third-order valence-corrected chi connectivity index (χ3v) is 4.42. The summed E-state index contributed by atoms with van der Waals surface area (Å²) < 4.78 is 5.45. The van der Waals surface area contributed by atoms with E-state index in [-0.39, 0.29) is 0 Å². The van der Waals surface area contributed by atoms with Crippen molar-refractivity contribution in [1.82, 2.24) is 9.97 Å². The van der Waals surface area contributed by atoms with E-state index in [1.165, 1.54) is 0 Å². The van der Waals surface area contributed by atoms with E-state index in [0.717, 1.165) is 54.5 Å². The van der Waals surface area contributed by atoms with Crippen LogP contribution in [0.1, 0.15) is 19.8 Å². The zero-order valence-electron chi connectivity index (χ0n) is 11.9. The molecule has 0 aromatic carbocycles. The van der Waals surface area contributed by atoms with Crippen LogP contribution in [0, 0.1) is 0 Å². The minimum atomic E-state index is 0.311. The second-order valence-corrected chi connectivity index (χ2v) is 5.92. The molecule has 6 heteroatoms. The maximum absolute atomic E-state index is 5.45. The fraction of sp³-hybridized carbons (Fsp3) is 0.571. The summed E-state index contributed by atoms with van der Waals surface area (Å²) in [6, 6.07) is 2.11. The van der Waals surface area contributed by atoms with Crippen molar-refractivity contribution in [2.24, 2.45) is 0 Å². The number of hydrogen-bond donors (Lipinski definition) is 1. The van der Waals surface area contributed by atoms with Gasteiger partial charge in [-0.05, 0) is 24.3 Å². The molecule has 1 atom stereocenters. The first kappa shape index (κ1) is 13.6. The van der Waals surface area contributed by atoms with Crippen molar-refractivity contribution < 1.29 is 4.74 Å². The van der Waals surface area contributed by atoms with Gasteiger partial charge in [0, 0.05) is 26.7 Å². The fourth-order valence-corrected chi connectivity index (χ4v) is 3.27. The lowest BCUT2D eigenvalue weighted by Gasteiger charge is -2.19. The van der Waals surface area contributed by atoms with Gasteiger partial charge in [-0.25, -0.2) is 4.98 Å². The minimum Gasteiger partial charge on any atom is -0.380 e. The highest BCUT2D eigenvalue weighted by Crippen LogP contribution is 2.31. The van der Waals surface area contributed by atoms with Crippen LogP contribution < -0.4 is 10.2 Å². The van der Waals surface area contributed by atoms with Crippen molar-refractivity contribution in [3.63, 3.8) is 0 Å². The van der Waals surface area contributed by atoms with Gasteiger partial charge in [0.2, 0.25) is 5.95 Å². The third-order valence-electron chi connectivity index (χ3n) is 3.62. The monoisotopic (exact) mass is 292 g/mol. The Hall–Kier alpha value is -1.40. The van der Waals surface area contributed by atoms with Crippen LogP contribution >= 0.6 is 11.3 Å². The Balaban J connectivity index is 1.93. The van der Waals surface area contributed by atoms with E-state index in [2.05, 4.69) is 33.6 Å². The van der Waals surface area contributed by atoms with Crippen molar-refractivity contribution in [1.29, 1.82) is 0 Å². The number of nitrogens with one attached hydrogen (secondary N) is 1. The number of methoxy groups -OCH3 is 1. The van der Waals surface area contributed by atoms with Crippen molar-refractivity contribution >= 4 is 33.3 Å². The van der Waals surface area contributed by atoms with Crippen molar-refractivity contribution in [2.75, 3.05) is 37.0 Å². The predicted molar refractivity (Wildman–Crippen MR) is 83.8 cm³/mol. The van der Waals surface area contributed by atoms with Gasteiger partial charge in [-0.3, -0.25) is 0 Å². The average molecular weight is 292 g/mol. The number of rotatable bonds is 5. The first-order valence-electron chi connectivity index (χ1n) is 7.08. The van der Waals surface area contributed by atoms with E-state index in [0.29, 0.717) is 6.10 Å². The van der Waals surface area contributed by atoms with Crippen molar-refractivity contribution in [2.45, 2.75) is 25.9 Å². The summed E-state index contributed by atoms with van der Waals surface area (Å²) in [6.45, 7) is 4.94. The van der Waals surface area contributed by atoms with Crippen LogP contribution in [-0.2, 0) is 4.74 Å². The molecular weight excluding hydrogens is 272 g/mol. The molecule has 3 heterocycles. The second kappa shape index (κ2) is 5.93. The van der Waals surface area contributed by atoms with E-state index in [4.69, 9.17) is 9.72 Å². The van der Waals surface area contributed by atoms with Gasteiger partial charge in [0.15, 0.2) is 0 Å². The molecule has 1 saturated heterocycles. The number of aromatic nitrogens is 2. The molecule has 108 valence electrons. The first-order chi connectivity index (χ1) is 9.81. The van der Waals surface area contributed by atoms with Gasteiger partial charge < -0.3 is 15.0 Å². The van der Waals surface area contributed by atoms with Gasteiger partial charge in [-0.15, -0.1) is 11.3 Å². The molecule has 5 nitrogen and oxygen atoms in total. The lowest BCUT2D eigenvalue weighted by Crippen LogP contribution is -2.23. The summed E-state index contributed by atoms with van der Waals surface area (Å²) in [5.41, 5.74) is 0. The molecule has 0 radical (unpaired) electrons. The summed E-state index contributed by atoms with van der Waals surface area (Å²) >= 11 is 1.67. The lowest BCUT2D eigenvalue weighted by atomic mass is 10.3. The van der Waals surface area contributed by atoms with E-state index in [9.17, 15) is 0 Å². The molecule has 3 rings (SSSR count). The van der Waals surface area contributed by atoms with Crippen LogP contribution in [0.3, 0.4) is 0 Å². The van der Waals surface area contributed by atoms with Crippen LogP contribution in [0.2, 0.25) is 0 Å². The topological polar surface area (TPSA) is 50.3 Å². The molecule has 1 unspecified atom stereocenters. The Bertz CT molecular complexity index is 586. The Morgan fingerprint density at radius 1 is 1.50 bits per heavy atom. The molecule has 1 N–H and O–H groups in total. The molecule has 1 aliphatic heterocycles. The van der Waals surface area contributed by atoms with Crippen LogP contribution in [0.4, 0.5) is 11.8 Å². The normalized spacial score (nSPS) is 18.9. The second-order valence-electron chi connectivity index (χ2n) is 5.03.